The minimum atomic E-state index is 0.136. The van der Waals surface area contributed by atoms with Gasteiger partial charge in [0, 0.05) is 23.0 Å². The van der Waals surface area contributed by atoms with Gasteiger partial charge in [-0.05, 0) is 55.0 Å². The van der Waals surface area contributed by atoms with E-state index in [2.05, 4.69) is 17.5 Å². The van der Waals surface area contributed by atoms with E-state index in [0.29, 0.717) is 6.04 Å². The van der Waals surface area contributed by atoms with Crippen LogP contribution in [0.15, 0.2) is 41.8 Å². The van der Waals surface area contributed by atoms with Crippen molar-refractivity contribution >= 4 is 17.2 Å². The van der Waals surface area contributed by atoms with Gasteiger partial charge in [0.1, 0.15) is 5.75 Å². The number of nitrogens with zero attached hydrogens (tertiary/aromatic N) is 1. The summed E-state index contributed by atoms with van der Waals surface area (Å²) in [5.74, 6) is 0.916. The van der Waals surface area contributed by atoms with Crippen molar-refractivity contribution in [2.24, 2.45) is 0 Å². The number of carbonyl (C=O) groups excluding carboxylic acids is 1. The Morgan fingerprint density at radius 2 is 2.05 bits per heavy atom. The molecule has 1 saturated carbocycles. The van der Waals surface area contributed by atoms with Crippen LogP contribution in [0.1, 0.15) is 28.1 Å². The first-order valence-corrected chi connectivity index (χ1v) is 8.13. The minimum absolute atomic E-state index is 0.136. The van der Waals surface area contributed by atoms with Crippen LogP contribution in [0.2, 0.25) is 0 Å². The van der Waals surface area contributed by atoms with Crippen LogP contribution in [0, 0.1) is 0 Å². The molecule has 4 heteroatoms. The van der Waals surface area contributed by atoms with Gasteiger partial charge in [0.15, 0.2) is 0 Å². The number of ether oxygens (including phenoxy) is 1. The Balaban J connectivity index is 1.68. The molecule has 1 aromatic heterocycles. The maximum Gasteiger partial charge on any atom is 0.254 e. The van der Waals surface area contributed by atoms with Crippen LogP contribution in [-0.2, 0) is 6.42 Å². The van der Waals surface area contributed by atoms with E-state index in [9.17, 15) is 4.79 Å². The average molecular weight is 301 g/mol. The molecule has 0 atom stereocenters. The number of benzene rings is 1. The molecule has 3 rings (SSSR count). The lowest BCUT2D eigenvalue weighted by Gasteiger charge is -2.22. The van der Waals surface area contributed by atoms with E-state index in [-0.39, 0.29) is 5.91 Å². The Morgan fingerprint density at radius 1 is 1.29 bits per heavy atom. The molecule has 21 heavy (non-hydrogen) atoms. The molecule has 1 aliphatic rings. The SMILES string of the molecule is COc1ccc(C(=O)N(CCc2cccs2)C2CC2)cc1. The van der Waals surface area contributed by atoms with Crippen LogP contribution >= 0.6 is 11.3 Å². The van der Waals surface area contributed by atoms with Gasteiger partial charge in [-0.3, -0.25) is 4.79 Å². The van der Waals surface area contributed by atoms with Crippen molar-refractivity contribution in [2.75, 3.05) is 13.7 Å². The zero-order chi connectivity index (χ0) is 14.7. The Bertz CT molecular complexity index is 588. The number of methoxy groups -OCH3 is 1. The second-order valence-electron chi connectivity index (χ2n) is 5.29. The molecule has 0 aliphatic heterocycles. The van der Waals surface area contributed by atoms with E-state index in [1.165, 1.54) is 4.88 Å². The van der Waals surface area contributed by atoms with Crippen LogP contribution in [0.4, 0.5) is 0 Å². The van der Waals surface area contributed by atoms with Crippen molar-refractivity contribution in [1.82, 2.24) is 4.90 Å². The van der Waals surface area contributed by atoms with E-state index < -0.39 is 0 Å². The molecule has 1 aromatic carbocycles. The third-order valence-corrected chi connectivity index (χ3v) is 4.70. The first kappa shape index (κ1) is 14.1. The zero-order valence-electron chi connectivity index (χ0n) is 12.1. The number of rotatable bonds is 6. The topological polar surface area (TPSA) is 29.5 Å². The average Bonchev–Trinajstić information content (AvgIpc) is 3.22. The standard InChI is InChI=1S/C17H19NO2S/c1-20-15-8-4-13(5-9-15)17(19)18(14-6-7-14)11-10-16-3-2-12-21-16/h2-5,8-9,12,14H,6-7,10-11H2,1H3. The van der Waals surface area contributed by atoms with Crippen LogP contribution in [0.25, 0.3) is 0 Å². The fourth-order valence-electron chi connectivity index (χ4n) is 2.42. The summed E-state index contributed by atoms with van der Waals surface area (Å²) in [5.41, 5.74) is 0.744. The quantitative estimate of drug-likeness (QED) is 0.816. The lowest BCUT2D eigenvalue weighted by Crippen LogP contribution is -2.34. The maximum atomic E-state index is 12.7. The van der Waals surface area contributed by atoms with Gasteiger partial charge in [0.05, 0.1) is 7.11 Å². The normalized spacial score (nSPS) is 14.0. The molecule has 1 fully saturated rings. The van der Waals surface area contributed by atoms with Gasteiger partial charge in [0.2, 0.25) is 0 Å². The van der Waals surface area contributed by atoms with Crippen molar-refractivity contribution in [1.29, 1.82) is 0 Å². The van der Waals surface area contributed by atoms with Gasteiger partial charge < -0.3 is 9.64 Å². The minimum Gasteiger partial charge on any atom is -0.497 e. The molecular weight excluding hydrogens is 282 g/mol. The van der Waals surface area contributed by atoms with Crippen LogP contribution < -0.4 is 4.74 Å². The smallest absolute Gasteiger partial charge is 0.254 e. The zero-order valence-corrected chi connectivity index (χ0v) is 12.9. The molecule has 0 unspecified atom stereocenters. The van der Waals surface area contributed by atoms with Gasteiger partial charge in [-0.25, -0.2) is 0 Å². The Labute approximate surface area is 129 Å². The van der Waals surface area contributed by atoms with Crippen LogP contribution in [0.3, 0.4) is 0 Å². The summed E-state index contributed by atoms with van der Waals surface area (Å²) in [5, 5.41) is 2.09. The third-order valence-electron chi connectivity index (χ3n) is 3.76. The molecule has 1 aliphatic carbocycles. The molecule has 2 aromatic rings. The predicted octanol–water partition coefficient (Wildman–Crippen LogP) is 3.60. The van der Waals surface area contributed by atoms with Crippen molar-refractivity contribution in [3.8, 4) is 5.75 Å². The first-order chi connectivity index (χ1) is 10.3. The van der Waals surface area contributed by atoms with Crippen LogP contribution in [0.5, 0.6) is 5.75 Å². The van der Waals surface area contributed by atoms with Crippen molar-refractivity contribution in [3.05, 3.63) is 52.2 Å². The summed E-state index contributed by atoms with van der Waals surface area (Å²) in [6.07, 6.45) is 3.20. The van der Waals surface area contributed by atoms with Gasteiger partial charge in [-0.15, -0.1) is 11.3 Å². The van der Waals surface area contributed by atoms with E-state index in [4.69, 9.17) is 4.74 Å². The van der Waals surface area contributed by atoms with E-state index in [1.807, 2.05) is 29.2 Å². The van der Waals surface area contributed by atoms with Gasteiger partial charge >= 0.3 is 0 Å². The van der Waals surface area contributed by atoms with E-state index in [0.717, 1.165) is 37.1 Å². The highest BCUT2D eigenvalue weighted by molar-refractivity contribution is 7.09. The molecular formula is C17H19NO2S. The van der Waals surface area contributed by atoms with E-state index in [1.54, 1.807) is 18.4 Å². The lowest BCUT2D eigenvalue weighted by molar-refractivity contribution is 0.0745. The number of hydrogen-bond acceptors (Lipinski definition) is 3. The number of hydrogen-bond donors (Lipinski definition) is 0. The van der Waals surface area contributed by atoms with Crippen molar-refractivity contribution in [2.45, 2.75) is 25.3 Å². The maximum absolute atomic E-state index is 12.7. The van der Waals surface area contributed by atoms with Crippen molar-refractivity contribution < 1.29 is 9.53 Å². The number of thiophene rings is 1. The van der Waals surface area contributed by atoms with Gasteiger partial charge in [-0.1, -0.05) is 6.07 Å². The lowest BCUT2D eigenvalue weighted by atomic mass is 10.1. The monoisotopic (exact) mass is 301 g/mol. The van der Waals surface area contributed by atoms with Crippen molar-refractivity contribution in [3.63, 3.8) is 0 Å². The Morgan fingerprint density at radius 3 is 2.62 bits per heavy atom. The highest BCUT2D eigenvalue weighted by atomic mass is 32.1. The summed E-state index contributed by atoms with van der Waals surface area (Å²) in [6.45, 7) is 0.802. The molecule has 110 valence electrons. The van der Waals surface area contributed by atoms with Crippen LogP contribution in [-0.4, -0.2) is 30.5 Å². The molecule has 0 N–H and O–H groups in total. The first-order valence-electron chi connectivity index (χ1n) is 7.25. The molecule has 0 bridgehead atoms. The Hall–Kier alpha value is -1.81. The highest BCUT2D eigenvalue weighted by Crippen LogP contribution is 2.29. The summed E-state index contributed by atoms with van der Waals surface area (Å²) in [6, 6.07) is 12.0. The largest absolute Gasteiger partial charge is 0.497 e. The third kappa shape index (κ3) is 3.45. The molecule has 1 heterocycles. The molecule has 3 nitrogen and oxygen atoms in total. The van der Waals surface area contributed by atoms with E-state index >= 15 is 0 Å². The predicted molar refractivity (Wildman–Crippen MR) is 85.1 cm³/mol. The summed E-state index contributed by atoms with van der Waals surface area (Å²) in [4.78, 5) is 16.0. The molecule has 0 spiro atoms. The highest BCUT2D eigenvalue weighted by Gasteiger charge is 2.32. The second-order valence-corrected chi connectivity index (χ2v) is 6.32. The second kappa shape index (κ2) is 6.31. The van der Waals surface area contributed by atoms with Gasteiger partial charge in [-0.2, -0.15) is 0 Å². The molecule has 1 amide bonds. The van der Waals surface area contributed by atoms with Gasteiger partial charge in [0.25, 0.3) is 5.91 Å². The molecule has 0 saturated heterocycles. The Kier molecular flexibility index (Phi) is 4.25. The molecule has 0 radical (unpaired) electrons. The fraction of sp³-hybridized carbons (Fsp3) is 0.353. The summed E-state index contributed by atoms with van der Waals surface area (Å²) < 4.78 is 5.14. The number of carbonyl (C=O) groups is 1. The summed E-state index contributed by atoms with van der Waals surface area (Å²) >= 11 is 1.75. The summed E-state index contributed by atoms with van der Waals surface area (Å²) in [7, 11) is 1.63. The number of amides is 1. The fourth-order valence-corrected chi connectivity index (χ4v) is 3.12.